The number of hydrogen-bond donors (Lipinski definition) is 1. The van der Waals surface area contributed by atoms with Crippen molar-refractivity contribution in [2.45, 2.75) is 57.9 Å². The molecular formula is C16H27NO4. The monoisotopic (exact) mass is 297 g/mol. The highest BCUT2D eigenvalue weighted by atomic mass is 16.5. The Bertz CT molecular complexity index is 386. The number of amides is 1. The van der Waals surface area contributed by atoms with E-state index in [-0.39, 0.29) is 18.4 Å². The zero-order valence-electron chi connectivity index (χ0n) is 13.1. The van der Waals surface area contributed by atoms with Gasteiger partial charge in [0, 0.05) is 26.1 Å². The third-order valence-corrected chi connectivity index (χ3v) is 5.16. The third kappa shape index (κ3) is 3.76. The van der Waals surface area contributed by atoms with Gasteiger partial charge in [-0.05, 0) is 38.5 Å². The summed E-state index contributed by atoms with van der Waals surface area (Å²) < 4.78 is 5.11. The van der Waals surface area contributed by atoms with E-state index in [1.54, 1.807) is 7.11 Å². The first kappa shape index (κ1) is 16.3. The molecule has 2 aliphatic carbocycles. The van der Waals surface area contributed by atoms with Crippen LogP contribution in [0.3, 0.4) is 0 Å². The lowest BCUT2D eigenvalue weighted by molar-refractivity contribution is -0.154. The number of aliphatic carboxylic acids is 1. The molecule has 0 aromatic heterocycles. The van der Waals surface area contributed by atoms with Crippen molar-refractivity contribution in [3.8, 4) is 0 Å². The summed E-state index contributed by atoms with van der Waals surface area (Å²) in [5, 5.41) is 9.54. The van der Waals surface area contributed by atoms with Gasteiger partial charge in [0.15, 0.2) is 0 Å². The molecule has 2 rings (SSSR count). The second kappa shape index (κ2) is 6.77. The summed E-state index contributed by atoms with van der Waals surface area (Å²) in [6.45, 7) is 3.14. The molecule has 0 saturated heterocycles. The molecule has 1 N–H and O–H groups in total. The van der Waals surface area contributed by atoms with Crippen molar-refractivity contribution < 1.29 is 19.4 Å². The van der Waals surface area contributed by atoms with Crippen molar-refractivity contribution in [3.63, 3.8) is 0 Å². The molecule has 0 aromatic carbocycles. The lowest BCUT2D eigenvalue weighted by atomic mass is 9.82. The van der Waals surface area contributed by atoms with Gasteiger partial charge >= 0.3 is 5.97 Å². The largest absolute Gasteiger partial charge is 0.481 e. The van der Waals surface area contributed by atoms with Crippen LogP contribution in [0.15, 0.2) is 0 Å². The van der Waals surface area contributed by atoms with Gasteiger partial charge in [-0.3, -0.25) is 9.59 Å². The molecule has 0 aromatic rings. The molecule has 1 atom stereocenters. The minimum atomic E-state index is -0.828. The fraction of sp³-hybridized carbons (Fsp3) is 0.875. The van der Waals surface area contributed by atoms with E-state index in [2.05, 4.69) is 6.92 Å². The van der Waals surface area contributed by atoms with Gasteiger partial charge in [-0.25, -0.2) is 0 Å². The Kier molecular flexibility index (Phi) is 5.25. The van der Waals surface area contributed by atoms with E-state index >= 15 is 0 Å². The lowest BCUT2D eigenvalue weighted by Crippen LogP contribution is -2.45. The van der Waals surface area contributed by atoms with E-state index in [0.717, 1.165) is 12.8 Å². The molecule has 2 saturated carbocycles. The van der Waals surface area contributed by atoms with Crippen molar-refractivity contribution in [1.82, 2.24) is 4.90 Å². The Morgan fingerprint density at radius 1 is 1.33 bits per heavy atom. The number of carbonyl (C=O) groups excluding carboxylic acids is 1. The fourth-order valence-corrected chi connectivity index (χ4v) is 3.49. The number of nitrogens with zero attached hydrogens (tertiary/aromatic N) is 1. The highest BCUT2D eigenvalue weighted by Crippen LogP contribution is 2.42. The van der Waals surface area contributed by atoms with Crippen molar-refractivity contribution >= 4 is 11.9 Å². The van der Waals surface area contributed by atoms with Crippen molar-refractivity contribution in [2.75, 3.05) is 20.3 Å². The molecule has 1 amide bonds. The number of rotatable bonds is 8. The van der Waals surface area contributed by atoms with Crippen LogP contribution < -0.4 is 0 Å². The average Bonchev–Trinajstić information content (AvgIpc) is 3.19. The highest BCUT2D eigenvalue weighted by Gasteiger charge is 2.45. The maximum atomic E-state index is 12.7. The summed E-state index contributed by atoms with van der Waals surface area (Å²) in [5.41, 5.74) is -0.828. The number of carbonyl (C=O) groups is 2. The van der Waals surface area contributed by atoms with Crippen LogP contribution in [0.2, 0.25) is 0 Å². The van der Waals surface area contributed by atoms with Crippen molar-refractivity contribution in [1.29, 1.82) is 0 Å². The number of carboxylic acid groups (broad SMARTS) is 1. The smallest absolute Gasteiger partial charge is 0.310 e. The topological polar surface area (TPSA) is 66.8 Å². The molecule has 2 aliphatic rings. The van der Waals surface area contributed by atoms with Crippen molar-refractivity contribution in [3.05, 3.63) is 0 Å². The molecule has 2 fully saturated rings. The Labute approximate surface area is 126 Å². The predicted molar refractivity (Wildman–Crippen MR) is 78.9 cm³/mol. The summed E-state index contributed by atoms with van der Waals surface area (Å²) >= 11 is 0. The molecule has 0 bridgehead atoms. The maximum Gasteiger partial charge on any atom is 0.310 e. The normalized spacial score (nSPS) is 22.0. The summed E-state index contributed by atoms with van der Waals surface area (Å²) in [4.78, 5) is 26.2. The standard InChI is InChI=1S/C16H27NO4/c1-12(13-5-6-13)17(9-10-21-2)14(18)11-16(15(19)20)7-3-4-8-16/h12-13H,3-11H2,1-2H3,(H,19,20). The van der Waals surface area contributed by atoms with Crippen LogP contribution in [-0.2, 0) is 14.3 Å². The fourth-order valence-electron chi connectivity index (χ4n) is 3.49. The summed E-state index contributed by atoms with van der Waals surface area (Å²) in [6.07, 6.45) is 5.56. The third-order valence-electron chi connectivity index (χ3n) is 5.16. The van der Waals surface area contributed by atoms with E-state index in [1.165, 1.54) is 12.8 Å². The second-order valence-electron chi connectivity index (χ2n) is 6.63. The first-order valence-electron chi connectivity index (χ1n) is 8.02. The van der Waals surface area contributed by atoms with Crippen LogP contribution in [0.5, 0.6) is 0 Å². The Morgan fingerprint density at radius 2 is 1.95 bits per heavy atom. The van der Waals surface area contributed by atoms with E-state index in [0.29, 0.717) is 31.9 Å². The Morgan fingerprint density at radius 3 is 2.43 bits per heavy atom. The molecule has 0 radical (unpaired) electrons. The zero-order valence-corrected chi connectivity index (χ0v) is 13.1. The van der Waals surface area contributed by atoms with Crippen molar-refractivity contribution in [2.24, 2.45) is 11.3 Å². The van der Waals surface area contributed by atoms with Crippen LogP contribution in [0.25, 0.3) is 0 Å². The maximum absolute atomic E-state index is 12.7. The summed E-state index contributed by atoms with van der Waals surface area (Å²) in [7, 11) is 1.63. The van der Waals surface area contributed by atoms with Crippen LogP contribution in [-0.4, -0.2) is 48.2 Å². The average molecular weight is 297 g/mol. The number of ether oxygens (including phenoxy) is 1. The van der Waals surface area contributed by atoms with Crippen LogP contribution >= 0.6 is 0 Å². The molecule has 21 heavy (non-hydrogen) atoms. The van der Waals surface area contributed by atoms with Crippen LogP contribution in [0.1, 0.15) is 51.9 Å². The number of methoxy groups -OCH3 is 1. The molecule has 5 heteroatoms. The molecule has 0 heterocycles. The Hall–Kier alpha value is -1.10. The molecule has 5 nitrogen and oxygen atoms in total. The van der Waals surface area contributed by atoms with Gasteiger partial charge < -0.3 is 14.7 Å². The Balaban J connectivity index is 2.04. The minimum Gasteiger partial charge on any atom is -0.481 e. The first-order valence-corrected chi connectivity index (χ1v) is 8.02. The number of hydrogen-bond acceptors (Lipinski definition) is 3. The van der Waals surface area contributed by atoms with Gasteiger partial charge in [0.1, 0.15) is 0 Å². The predicted octanol–water partition coefficient (Wildman–Crippen LogP) is 2.29. The van der Waals surface area contributed by atoms with Gasteiger partial charge in [-0.2, -0.15) is 0 Å². The van der Waals surface area contributed by atoms with Crippen LogP contribution in [0.4, 0.5) is 0 Å². The van der Waals surface area contributed by atoms with Gasteiger partial charge in [0.25, 0.3) is 0 Å². The molecular weight excluding hydrogens is 270 g/mol. The molecule has 0 aliphatic heterocycles. The lowest BCUT2D eigenvalue weighted by Gasteiger charge is -2.32. The van der Waals surface area contributed by atoms with Gasteiger partial charge in [0.2, 0.25) is 5.91 Å². The molecule has 120 valence electrons. The van der Waals surface area contributed by atoms with E-state index < -0.39 is 11.4 Å². The van der Waals surface area contributed by atoms with E-state index in [9.17, 15) is 14.7 Å². The zero-order chi connectivity index (χ0) is 15.5. The van der Waals surface area contributed by atoms with Gasteiger partial charge in [-0.15, -0.1) is 0 Å². The number of carboxylic acids is 1. The SMILES string of the molecule is COCCN(C(=O)CC1(C(=O)O)CCCC1)C(C)C1CC1. The first-order chi connectivity index (χ1) is 10.00. The molecule has 0 spiro atoms. The van der Waals surface area contributed by atoms with Gasteiger partial charge in [0.05, 0.1) is 12.0 Å². The highest BCUT2D eigenvalue weighted by molar-refractivity contribution is 5.85. The quantitative estimate of drug-likeness (QED) is 0.746. The second-order valence-corrected chi connectivity index (χ2v) is 6.63. The van der Waals surface area contributed by atoms with Crippen LogP contribution in [0, 0.1) is 11.3 Å². The summed E-state index contributed by atoms with van der Waals surface area (Å²) in [5.74, 6) is -0.245. The minimum absolute atomic E-state index is 0.0178. The summed E-state index contributed by atoms with van der Waals surface area (Å²) in [6, 6.07) is 0.194. The molecule has 1 unspecified atom stereocenters. The van der Waals surface area contributed by atoms with E-state index in [1.807, 2.05) is 4.90 Å². The van der Waals surface area contributed by atoms with E-state index in [4.69, 9.17) is 4.74 Å². The van der Waals surface area contributed by atoms with Gasteiger partial charge in [-0.1, -0.05) is 12.8 Å².